The van der Waals surface area contributed by atoms with Gasteiger partial charge in [0.15, 0.2) is 5.65 Å². The molecule has 0 radical (unpaired) electrons. The molecule has 1 amide bonds. The number of carbonyl (C=O) groups excluding carboxylic acids is 1. The number of nitrogens with zero attached hydrogens (tertiary/aromatic N) is 4. The molecule has 0 unspecified atom stereocenters. The predicted molar refractivity (Wildman–Crippen MR) is 114 cm³/mol. The second kappa shape index (κ2) is 7.51. The molecule has 2 aromatic heterocycles. The average Bonchev–Trinajstić information content (AvgIpc) is 3.43. The lowest BCUT2D eigenvalue weighted by Crippen LogP contribution is -2.29. The van der Waals surface area contributed by atoms with Gasteiger partial charge in [0.2, 0.25) is 5.91 Å². The van der Waals surface area contributed by atoms with Crippen LogP contribution in [-0.4, -0.2) is 38.4 Å². The zero-order valence-corrected chi connectivity index (χ0v) is 16.2. The zero-order valence-electron chi connectivity index (χ0n) is 16.2. The average molecular weight is 382 g/mol. The van der Waals surface area contributed by atoms with E-state index >= 15 is 0 Å². The lowest BCUT2D eigenvalue weighted by molar-refractivity contribution is -0.129. The van der Waals surface area contributed by atoms with E-state index in [4.69, 9.17) is 4.98 Å². The van der Waals surface area contributed by atoms with Gasteiger partial charge in [-0.2, -0.15) is 0 Å². The fourth-order valence-corrected chi connectivity index (χ4v) is 3.95. The van der Waals surface area contributed by atoms with Gasteiger partial charge in [-0.05, 0) is 42.7 Å². The standard InChI is InChI=1S/C24H22N4O/c29-22(27-15-4-5-16-27)17-18-10-12-20(13-11-18)28-23(19-7-2-1-3-8-19)26-21-9-6-14-25-24(21)28/h1-3,6-14H,4-5,15-17H2. The highest BCUT2D eigenvalue weighted by Gasteiger charge is 2.18. The molecule has 0 aliphatic carbocycles. The van der Waals surface area contributed by atoms with Crippen LogP contribution in [0.3, 0.4) is 0 Å². The first-order valence-corrected chi connectivity index (χ1v) is 10.1. The Kier molecular flexibility index (Phi) is 4.56. The summed E-state index contributed by atoms with van der Waals surface area (Å²) in [6.07, 6.45) is 4.48. The van der Waals surface area contributed by atoms with Crippen LogP contribution in [0.1, 0.15) is 18.4 Å². The number of hydrogen-bond donors (Lipinski definition) is 0. The van der Waals surface area contributed by atoms with Gasteiger partial charge in [-0.25, -0.2) is 9.97 Å². The van der Waals surface area contributed by atoms with Crippen molar-refractivity contribution in [2.75, 3.05) is 13.1 Å². The van der Waals surface area contributed by atoms with Crippen molar-refractivity contribution < 1.29 is 4.79 Å². The van der Waals surface area contributed by atoms with E-state index in [0.717, 1.165) is 59.7 Å². The molecule has 5 heteroatoms. The highest BCUT2D eigenvalue weighted by atomic mass is 16.2. The Morgan fingerprint density at radius 1 is 0.897 bits per heavy atom. The van der Waals surface area contributed by atoms with Crippen molar-refractivity contribution in [2.24, 2.45) is 0 Å². The predicted octanol–water partition coefficient (Wildman–Crippen LogP) is 4.25. The largest absolute Gasteiger partial charge is 0.342 e. The molecule has 3 heterocycles. The van der Waals surface area contributed by atoms with Crippen molar-refractivity contribution in [3.05, 3.63) is 78.5 Å². The Bertz CT molecular complexity index is 1140. The van der Waals surface area contributed by atoms with E-state index in [1.54, 1.807) is 6.20 Å². The Balaban J connectivity index is 1.51. The van der Waals surface area contributed by atoms with Crippen LogP contribution in [-0.2, 0) is 11.2 Å². The highest BCUT2D eigenvalue weighted by molar-refractivity contribution is 5.81. The third-order valence-electron chi connectivity index (χ3n) is 5.46. The summed E-state index contributed by atoms with van der Waals surface area (Å²) >= 11 is 0. The summed E-state index contributed by atoms with van der Waals surface area (Å²) < 4.78 is 2.08. The normalized spacial score (nSPS) is 13.9. The van der Waals surface area contributed by atoms with E-state index in [9.17, 15) is 4.79 Å². The molecule has 2 aromatic carbocycles. The highest BCUT2D eigenvalue weighted by Crippen LogP contribution is 2.27. The van der Waals surface area contributed by atoms with E-state index in [1.807, 2.05) is 47.4 Å². The monoisotopic (exact) mass is 382 g/mol. The molecule has 144 valence electrons. The molecule has 0 spiro atoms. The fraction of sp³-hybridized carbons (Fsp3) is 0.208. The van der Waals surface area contributed by atoms with Crippen LogP contribution in [0.2, 0.25) is 0 Å². The first-order valence-electron chi connectivity index (χ1n) is 10.1. The summed E-state index contributed by atoms with van der Waals surface area (Å²) in [4.78, 5) is 23.8. The van der Waals surface area contributed by atoms with Crippen LogP contribution in [0.25, 0.3) is 28.2 Å². The van der Waals surface area contributed by atoms with Crippen molar-refractivity contribution in [3.63, 3.8) is 0 Å². The fourth-order valence-electron chi connectivity index (χ4n) is 3.95. The van der Waals surface area contributed by atoms with Crippen molar-refractivity contribution >= 4 is 17.1 Å². The minimum atomic E-state index is 0.218. The number of hydrogen-bond acceptors (Lipinski definition) is 3. The summed E-state index contributed by atoms with van der Waals surface area (Å²) in [6.45, 7) is 1.79. The number of likely N-dealkylation sites (tertiary alicyclic amines) is 1. The third kappa shape index (κ3) is 3.40. The maximum atomic E-state index is 12.4. The molecular weight excluding hydrogens is 360 g/mol. The van der Waals surface area contributed by atoms with Crippen LogP contribution in [0.5, 0.6) is 0 Å². The molecule has 5 rings (SSSR count). The number of pyridine rings is 1. The number of amides is 1. The number of aromatic nitrogens is 3. The molecule has 0 N–H and O–H groups in total. The lowest BCUT2D eigenvalue weighted by atomic mass is 10.1. The first kappa shape index (κ1) is 17.6. The van der Waals surface area contributed by atoms with Crippen LogP contribution >= 0.6 is 0 Å². The van der Waals surface area contributed by atoms with E-state index in [-0.39, 0.29) is 5.91 Å². The molecule has 1 aliphatic rings. The van der Waals surface area contributed by atoms with Gasteiger partial charge in [-0.3, -0.25) is 9.36 Å². The van der Waals surface area contributed by atoms with Crippen molar-refractivity contribution in [3.8, 4) is 17.1 Å². The molecule has 29 heavy (non-hydrogen) atoms. The maximum absolute atomic E-state index is 12.4. The Hall–Kier alpha value is -3.47. The molecule has 1 saturated heterocycles. The molecule has 4 aromatic rings. The summed E-state index contributed by atoms with van der Waals surface area (Å²) in [5, 5.41) is 0. The van der Waals surface area contributed by atoms with Crippen LogP contribution in [0.15, 0.2) is 72.9 Å². The SMILES string of the molecule is O=C(Cc1ccc(-n2c(-c3ccccc3)nc3cccnc32)cc1)N1CCCC1. The van der Waals surface area contributed by atoms with Crippen LogP contribution < -0.4 is 0 Å². The minimum absolute atomic E-state index is 0.218. The number of fused-ring (bicyclic) bond motifs is 1. The van der Waals surface area contributed by atoms with E-state index < -0.39 is 0 Å². The second-order valence-corrected chi connectivity index (χ2v) is 7.41. The zero-order chi connectivity index (χ0) is 19.6. The summed E-state index contributed by atoms with van der Waals surface area (Å²) in [6, 6.07) is 22.2. The van der Waals surface area contributed by atoms with Gasteiger partial charge in [-0.1, -0.05) is 42.5 Å². The Morgan fingerprint density at radius 2 is 1.66 bits per heavy atom. The van der Waals surface area contributed by atoms with Gasteiger partial charge < -0.3 is 4.90 Å². The smallest absolute Gasteiger partial charge is 0.226 e. The topological polar surface area (TPSA) is 51.0 Å². The molecule has 1 aliphatic heterocycles. The van der Waals surface area contributed by atoms with Crippen molar-refractivity contribution in [1.29, 1.82) is 0 Å². The quantitative estimate of drug-likeness (QED) is 0.530. The molecule has 0 saturated carbocycles. The summed E-state index contributed by atoms with van der Waals surface area (Å²) in [5.74, 6) is 1.08. The van der Waals surface area contributed by atoms with E-state index in [2.05, 4.69) is 33.8 Å². The third-order valence-corrected chi connectivity index (χ3v) is 5.46. The minimum Gasteiger partial charge on any atom is -0.342 e. The van der Waals surface area contributed by atoms with Crippen LogP contribution in [0.4, 0.5) is 0 Å². The molecule has 0 bridgehead atoms. The molecular formula is C24H22N4O. The number of benzene rings is 2. The number of rotatable bonds is 4. The number of imidazole rings is 1. The van der Waals surface area contributed by atoms with E-state index in [0.29, 0.717) is 6.42 Å². The van der Waals surface area contributed by atoms with Gasteiger partial charge >= 0.3 is 0 Å². The molecule has 5 nitrogen and oxygen atoms in total. The summed E-state index contributed by atoms with van der Waals surface area (Å²) in [7, 11) is 0. The summed E-state index contributed by atoms with van der Waals surface area (Å²) in [5.41, 5.74) is 4.75. The Morgan fingerprint density at radius 3 is 2.41 bits per heavy atom. The maximum Gasteiger partial charge on any atom is 0.226 e. The van der Waals surface area contributed by atoms with Crippen molar-refractivity contribution in [2.45, 2.75) is 19.3 Å². The van der Waals surface area contributed by atoms with Crippen LogP contribution in [0, 0.1) is 0 Å². The van der Waals surface area contributed by atoms with Gasteiger partial charge in [0, 0.05) is 30.5 Å². The first-order chi connectivity index (χ1) is 14.3. The molecule has 0 atom stereocenters. The van der Waals surface area contributed by atoms with E-state index in [1.165, 1.54) is 0 Å². The molecule has 1 fully saturated rings. The lowest BCUT2D eigenvalue weighted by Gasteiger charge is -2.15. The number of carbonyl (C=O) groups is 1. The van der Waals surface area contributed by atoms with Gasteiger partial charge in [0.05, 0.1) is 6.42 Å². The van der Waals surface area contributed by atoms with Gasteiger partial charge in [0.25, 0.3) is 0 Å². The van der Waals surface area contributed by atoms with Gasteiger partial charge in [-0.15, -0.1) is 0 Å². The van der Waals surface area contributed by atoms with Gasteiger partial charge in [0.1, 0.15) is 11.3 Å². The second-order valence-electron chi connectivity index (χ2n) is 7.41. The van der Waals surface area contributed by atoms with Crippen molar-refractivity contribution in [1.82, 2.24) is 19.4 Å². The Labute approximate surface area is 169 Å².